The van der Waals surface area contributed by atoms with E-state index in [9.17, 15) is 13.2 Å². The van der Waals surface area contributed by atoms with E-state index in [1.807, 2.05) is 12.1 Å². The van der Waals surface area contributed by atoms with Gasteiger partial charge in [0.25, 0.3) is 0 Å². The lowest BCUT2D eigenvalue weighted by molar-refractivity contribution is -0.144. The van der Waals surface area contributed by atoms with E-state index >= 15 is 0 Å². The van der Waals surface area contributed by atoms with Crippen LogP contribution in [0.5, 0.6) is 0 Å². The summed E-state index contributed by atoms with van der Waals surface area (Å²) in [5.41, 5.74) is 2.61. The Labute approximate surface area is 109 Å². The number of aromatic nitrogens is 2. The van der Waals surface area contributed by atoms with Gasteiger partial charge in [-0.1, -0.05) is 38.1 Å². The number of alkyl halides is 3. The van der Waals surface area contributed by atoms with Crippen molar-refractivity contribution in [3.8, 4) is 11.3 Å². The number of halogens is 3. The first-order valence-corrected chi connectivity index (χ1v) is 6.03. The van der Waals surface area contributed by atoms with Gasteiger partial charge >= 0.3 is 6.18 Å². The molecule has 0 aliphatic carbocycles. The molecule has 1 aromatic heterocycles. The molecule has 19 heavy (non-hydrogen) atoms. The third kappa shape index (κ3) is 2.80. The summed E-state index contributed by atoms with van der Waals surface area (Å²) in [5, 5.41) is 0. The number of aryl methyl sites for hydroxylation is 1. The molecule has 5 heteroatoms. The van der Waals surface area contributed by atoms with Crippen molar-refractivity contribution in [2.45, 2.75) is 32.9 Å². The number of nitrogens with one attached hydrogen (secondary N) is 1. The second kappa shape index (κ2) is 4.72. The summed E-state index contributed by atoms with van der Waals surface area (Å²) in [5.74, 6) is -0.562. The Morgan fingerprint density at radius 2 is 1.68 bits per heavy atom. The zero-order chi connectivity index (χ0) is 14.2. The SMILES string of the molecule is Cc1[nH]c(C(F)(F)F)nc1-c1ccc(C(C)C)cc1. The summed E-state index contributed by atoms with van der Waals surface area (Å²) in [6.07, 6.45) is -4.44. The largest absolute Gasteiger partial charge is 0.449 e. The molecular formula is C14H15F3N2. The normalized spacial score (nSPS) is 12.2. The molecule has 0 fully saturated rings. The van der Waals surface area contributed by atoms with Crippen LogP contribution in [0.1, 0.15) is 36.8 Å². The summed E-state index contributed by atoms with van der Waals surface area (Å²) in [6.45, 7) is 5.72. The Kier molecular flexibility index (Phi) is 3.39. The maximum atomic E-state index is 12.6. The molecule has 0 spiro atoms. The van der Waals surface area contributed by atoms with E-state index in [1.54, 1.807) is 19.1 Å². The van der Waals surface area contributed by atoms with Gasteiger partial charge in [0.1, 0.15) is 0 Å². The molecule has 0 saturated carbocycles. The van der Waals surface area contributed by atoms with Crippen molar-refractivity contribution in [2.24, 2.45) is 0 Å². The molecule has 1 heterocycles. The summed E-state index contributed by atoms with van der Waals surface area (Å²) in [7, 11) is 0. The molecule has 1 aromatic carbocycles. The average molecular weight is 268 g/mol. The Bertz CT molecular complexity index is 565. The number of hydrogen-bond donors (Lipinski definition) is 1. The van der Waals surface area contributed by atoms with Gasteiger partial charge in [0, 0.05) is 11.3 Å². The van der Waals surface area contributed by atoms with Crippen LogP contribution in [0, 0.1) is 6.92 Å². The topological polar surface area (TPSA) is 28.7 Å². The maximum Gasteiger partial charge on any atom is 0.449 e. The lowest BCUT2D eigenvalue weighted by Crippen LogP contribution is -2.07. The number of H-pyrrole nitrogens is 1. The first kappa shape index (κ1) is 13.6. The zero-order valence-electron chi connectivity index (χ0n) is 11.0. The highest BCUT2D eigenvalue weighted by Gasteiger charge is 2.35. The van der Waals surface area contributed by atoms with Gasteiger partial charge in [-0.3, -0.25) is 0 Å². The molecule has 0 radical (unpaired) electrons. The van der Waals surface area contributed by atoms with Gasteiger partial charge in [-0.15, -0.1) is 0 Å². The molecule has 0 saturated heterocycles. The highest BCUT2D eigenvalue weighted by Crippen LogP contribution is 2.31. The zero-order valence-corrected chi connectivity index (χ0v) is 11.0. The van der Waals surface area contributed by atoms with E-state index in [1.165, 1.54) is 0 Å². The first-order valence-electron chi connectivity index (χ1n) is 6.03. The lowest BCUT2D eigenvalue weighted by atomic mass is 10.0. The predicted octanol–water partition coefficient (Wildman–Crippen LogP) is 4.53. The predicted molar refractivity (Wildman–Crippen MR) is 67.9 cm³/mol. The molecule has 2 aromatic rings. The number of nitrogens with zero attached hydrogens (tertiary/aromatic N) is 1. The average Bonchev–Trinajstić information content (AvgIpc) is 2.71. The Morgan fingerprint density at radius 3 is 2.11 bits per heavy atom. The summed E-state index contributed by atoms with van der Waals surface area (Å²) in [4.78, 5) is 5.93. The molecule has 1 N–H and O–H groups in total. The molecule has 0 aliphatic heterocycles. The highest BCUT2D eigenvalue weighted by molar-refractivity contribution is 5.62. The third-order valence-corrected chi connectivity index (χ3v) is 3.00. The Balaban J connectivity index is 2.39. The van der Waals surface area contributed by atoms with Crippen LogP contribution < -0.4 is 0 Å². The number of rotatable bonds is 2. The standard InChI is InChI=1S/C14H15F3N2/c1-8(2)10-4-6-11(7-5-10)12-9(3)18-13(19-12)14(15,16)17/h4-8H,1-3H3,(H,18,19). The van der Waals surface area contributed by atoms with E-state index in [-0.39, 0.29) is 0 Å². The van der Waals surface area contributed by atoms with Crippen molar-refractivity contribution >= 4 is 0 Å². The second-order valence-corrected chi connectivity index (χ2v) is 4.83. The third-order valence-electron chi connectivity index (χ3n) is 3.00. The number of benzene rings is 1. The second-order valence-electron chi connectivity index (χ2n) is 4.83. The molecule has 0 unspecified atom stereocenters. The van der Waals surface area contributed by atoms with Crippen LogP contribution in [0.3, 0.4) is 0 Å². The summed E-state index contributed by atoms with van der Waals surface area (Å²) < 4.78 is 37.7. The quantitative estimate of drug-likeness (QED) is 0.851. The molecule has 0 bridgehead atoms. The van der Waals surface area contributed by atoms with Crippen molar-refractivity contribution < 1.29 is 13.2 Å². The van der Waals surface area contributed by atoms with Crippen LogP contribution in [-0.2, 0) is 6.18 Å². The molecule has 2 nitrogen and oxygen atoms in total. The van der Waals surface area contributed by atoms with Crippen molar-refractivity contribution in [1.29, 1.82) is 0 Å². The van der Waals surface area contributed by atoms with Gasteiger partial charge in [-0.25, -0.2) is 4.98 Å². The van der Waals surface area contributed by atoms with Crippen LogP contribution in [-0.4, -0.2) is 9.97 Å². The van der Waals surface area contributed by atoms with Gasteiger partial charge in [0.05, 0.1) is 5.69 Å². The maximum absolute atomic E-state index is 12.6. The fourth-order valence-corrected chi connectivity index (χ4v) is 1.90. The Hall–Kier alpha value is -1.78. The Morgan fingerprint density at radius 1 is 1.11 bits per heavy atom. The fourth-order valence-electron chi connectivity index (χ4n) is 1.90. The molecule has 2 rings (SSSR count). The fraction of sp³-hybridized carbons (Fsp3) is 0.357. The van der Waals surface area contributed by atoms with Crippen LogP contribution in [0.15, 0.2) is 24.3 Å². The molecular weight excluding hydrogens is 253 g/mol. The lowest BCUT2D eigenvalue weighted by Gasteiger charge is -2.06. The highest BCUT2D eigenvalue weighted by atomic mass is 19.4. The van der Waals surface area contributed by atoms with E-state index in [0.29, 0.717) is 22.9 Å². The minimum absolute atomic E-state index is 0.350. The minimum Gasteiger partial charge on any atom is -0.338 e. The number of hydrogen-bond acceptors (Lipinski definition) is 1. The van der Waals surface area contributed by atoms with Crippen molar-refractivity contribution in [1.82, 2.24) is 9.97 Å². The van der Waals surface area contributed by atoms with Gasteiger partial charge in [0.15, 0.2) is 0 Å². The summed E-state index contributed by atoms with van der Waals surface area (Å²) in [6, 6.07) is 7.44. The molecule has 0 aliphatic rings. The van der Waals surface area contributed by atoms with E-state index in [2.05, 4.69) is 23.8 Å². The smallest absolute Gasteiger partial charge is 0.338 e. The van der Waals surface area contributed by atoms with Gasteiger partial charge in [-0.05, 0) is 18.4 Å². The number of aromatic amines is 1. The molecule has 0 atom stereocenters. The van der Waals surface area contributed by atoms with E-state index < -0.39 is 12.0 Å². The van der Waals surface area contributed by atoms with Gasteiger partial charge in [0.2, 0.25) is 5.82 Å². The number of imidazole rings is 1. The van der Waals surface area contributed by atoms with Gasteiger partial charge < -0.3 is 4.98 Å². The first-order chi connectivity index (χ1) is 8.79. The molecule has 0 amide bonds. The van der Waals surface area contributed by atoms with Crippen molar-refractivity contribution in [2.75, 3.05) is 0 Å². The van der Waals surface area contributed by atoms with Crippen LogP contribution in [0.25, 0.3) is 11.3 Å². The van der Waals surface area contributed by atoms with Crippen LogP contribution >= 0.6 is 0 Å². The minimum atomic E-state index is -4.44. The monoisotopic (exact) mass is 268 g/mol. The van der Waals surface area contributed by atoms with Gasteiger partial charge in [-0.2, -0.15) is 13.2 Å². The van der Waals surface area contributed by atoms with Crippen LogP contribution in [0.4, 0.5) is 13.2 Å². The van der Waals surface area contributed by atoms with E-state index in [4.69, 9.17) is 0 Å². The van der Waals surface area contributed by atoms with Crippen molar-refractivity contribution in [3.63, 3.8) is 0 Å². The molecule has 102 valence electrons. The summed E-state index contributed by atoms with van der Waals surface area (Å²) >= 11 is 0. The van der Waals surface area contributed by atoms with E-state index in [0.717, 1.165) is 5.56 Å². The van der Waals surface area contributed by atoms with Crippen LogP contribution in [0.2, 0.25) is 0 Å². The van der Waals surface area contributed by atoms with Crippen molar-refractivity contribution in [3.05, 3.63) is 41.3 Å².